The minimum Gasteiger partial charge on any atom is -0.381 e. The number of hydrogen-bond acceptors (Lipinski definition) is 6. The molecule has 1 aromatic carbocycles. The minimum absolute atomic E-state index is 0.157. The zero-order chi connectivity index (χ0) is 15.7. The second-order valence-corrected chi connectivity index (χ2v) is 4.36. The Hall–Kier alpha value is -2.19. The summed E-state index contributed by atoms with van der Waals surface area (Å²) in [5.41, 5.74) is 2.36. The summed E-state index contributed by atoms with van der Waals surface area (Å²) in [6.07, 6.45) is 1.65. The quantitative estimate of drug-likeness (QED) is 0.274. The summed E-state index contributed by atoms with van der Waals surface area (Å²) >= 11 is 0. The number of hydrazine groups is 1. The Bertz CT molecular complexity index is 493. The molecule has 0 bridgehead atoms. The molecule has 0 saturated carbocycles. The summed E-state index contributed by atoms with van der Waals surface area (Å²) in [7, 11) is 0. The third-order valence-electron chi connectivity index (χ3n) is 2.71. The van der Waals surface area contributed by atoms with E-state index in [2.05, 4.69) is 10.7 Å². The van der Waals surface area contributed by atoms with Crippen LogP contribution in [0.5, 0.6) is 0 Å². The van der Waals surface area contributed by atoms with Crippen molar-refractivity contribution in [3.8, 4) is 0 Å². The first kappa shape index (κ1) is 16.9. The van der Waals surface area contributed by atoms with Crippen LogP contribution in [-0.2, 0) is 4.74 Å². The van der Waals surface area contributed by atoms with Gasteiger partial charge in [0.2, 0.25) is 0 Å². The number of carbonyl (C=O) groups is 1. The fourth-order valence-corrected chi connectivity index (χ4v) is 1.67. The second-order valence-electron chi connectivity index (χ2n) is 4.36. The Morgan fingerprint density at radius 1 is 1.43 bits per heavy atom. The third kappa shape index (κ3) is 5.36. The fraction of sp³-hybridized carbons (Fsp3) is 0.462. The normalized spacial score (nSPS) is 10.2. The molecule has 4 N–H and O–H groups in total. The lowest BCUT2D eigenvalue weighted by atomic mass is 10.1. The van der Waals surface area contributed by atoms with Crippen molar-refractivity contribution in [2.75, 3.05) is 25.2 Å². The van der Waals surface area contributed by atoms with Crippen molar-refractivity contribution in [3.05, 3.63) is 33.9 Å². The van der Waals surface area contributed by atoms with Gasteiger partial charge in [0.15, 0.2) is 0 Å². The van der Waals surface area contributed by atoms with Crippen LogP contribution < -0.4 is 16.6 Å². The molecule has 0 radical (unpaired) electrons. The van der Waals surface area contributed by atoms with E-state index in [1.54, 1.807) is 0 Å². The Morgan fingerprint density at radius 2 is 2.19 bits per heavy atom. The van der Waals surface area contributed by atoms with Gasteiger partial charge in [-0.05, 0) is 25.0 Å². The summed E-state index contributed by atoms with van der Waals surface area (Å²) in [6, 6.07) is 4.07. The number of ether oxygens (including phenoxy) is 1. The predicted molar refractivity (Wildman–Crippen MR) is 79.0 cm³/mol. The van der Waals surface area contributed by atoms with Gasteiger partial charge in [0.25, 0.3) is 11.6 Å². The van der Waals surface area contributed by atoms with Gasteiger partial charge in [-0.25, -0.2) is 0 Å². The zero-order valence-corrected chi connectivity index (χ0v) is 11.9. The van der Waals surface area contributed by atoms with Gasteiger partial charge < -0.3 is 15.5 Å². The van der Waals surface area contributed by atoms with Gasteiger partial charge in [0, 0.05) is 31.4 Å². The molecule has 0 aliphatic carbocycles. The molecule has 0 aromatic heterocycles. The molecule has 1 aromatic rings. The van der Waals surface area contributed by atoms with E-state index in [4.69, 9.17) is 10.6 Å². The number of benzene rings is 1. The van der Waals surface area contributed by atoms with Gasteiger partial charge in [-0.15, -0.1) is 0 Å². The first-order chi connectivity index (χ1) is 10.1. The lowest BCUT2D eigenvalue weighted by Crippen LogP contribution is -2.25. The molecular formula is C13H20N4O4. The minimum atomic E-state index is -0.593. The van der Waals surface area contributed by atoms with Crippen LogP contribution in [0.4, 0.5) is 11.4 Å². The molecule has 8 nitrogen and oxygen atoms in total. The monoisotopic (exact) mass is 296 g/mol. The van der Waals surface area contributed by atoms with E-state index in [1.807, 2.05) is 6.92 Å². The Balaban J connectivity index is 2.54. The van der Waals surface area contributed by atoms with E-state index in [0.29, 0.717) is 26.2 Å². The van der Waals surface area contributed by atoms with E-state index in [9.17, 15) is 14.9 Å². The van der Waals surface area contributed by atoms with Crippen LogP contribution in [0.3, 0.4) is 0 Å². The Kier molecular flexibility index (Phi) is 7.13. The standard InChI is InChI=1S/C13H20N4O4/c1-2-7-21-8-3-6-15-13(18)10-4-5-11(16-14)12(9-10)17(19)20/h4-5,9,16H,2-3,6-8,14H2,1H3,(H,15,18). The van der Waals surface area contributed by atoms with Gasteiger partial charge in [-0.2, -0.15) is 0 Å². The van der Waals surface area contributed by atoms with Crippen LogP contribution >= 0.6 is 0 Å². The number of rotatable bonds is 9. The van der Waals surface area contributed by atoms with Crippen LogP contribution in [0.1, 0.15) is 30.1 Å². The Labute approximate surface area is 122 Å². The van der Waals surface area contributed by atoms with Crippen LogP contribution in [0.25, 0.3) is 0 Å². The van der Waals surface area contributed by atoms with Crippen molar-refractivity contribution in [1.29, 1.82) is 0 Å². The highest BCUT2D eigenvalue weighted by atomic mass is 16.6. The lowest BCUT2D eigenvalue weighted by molar-refractivity contribution is -0.384. The zero-order valence-electron chi connectivity index (χ0n) is 11.9. The molecule has 1 rings (SSSR count). The van der Waals surface area contributed by atoms with Crippen LogP contribution in [0, 0.1) is 10.1 Å². The molecule has 0 aliphatic heterocycles. The molecule has 0 saturated heterocycles. The molecule has 0 aliphatic rings. The van der Waals surface area contributed by atoms with E-state index >= 15 is 0 Å². The van der Waals surface area contributed by atoms with Crippen LogP contribution in [0.15, 0.2) is 18.2 Å². The number of nitro benzene ring substituents is 1. The van der Waals surface area contributed by atoms with E-state index in [1.165, 1.54) is 18.2 Å². The summed E-state index contributed by atoms with van der Waals surface area (Å²) in [5.74, 6) is 4.82. The SMILES string of the molecule is CCCOCCCNC(=O)c1ccc(NN)c([N+](=O)[O-])c1. The molecule has 21 heavy (non-hydrogen) atoms. The van der Waals surface area contributed by atoms with E-state index in [-0.39, 0.29) is 22.8 Å². The molecule has 0 unspecified atom stereocenters. The number of nitrogens with two attached hydrogens (primary N) is 1. The number of nitro groups is 1. The summed E-state index contributed by atoms with van der Waals surface area (Å²) < 4.78 is 5.29. The molecule has 116 valence electrons. The largest absolute Gasteiger partial charge is 0.381 e. The highest BCUT2D eigenvalue weighted by molar-refractivity contribution is 5.95. The van der Waals surface area contributed by atoms with Gasteiger partial charge in [0.05, 0.1) is 4.92 Å². The van der Waals surface area contributed by atoms with Gasteiger partial charge in [-0.1, -0.05) is 6.92 Å². The van der Waals surface area contributed by atoms with Gasteiger partial charge in [0.1, 0.15) is 5.69 Å². The topological polar surface area (TPSA) is 120 Å². The van der Waals surface area contributed by atoms with Gasteiger partial charge >= 0.3 is 0 Å². The molecule has 1 amide bonds. The number of hydrogen-bond donors (Lipinski definition) is 3. The van der Waals surface area contributed by atoms with Crippen molar-refractivity contribution >= 4 is 17.3 Å². The molecular weight excluding hydrogens is 276 g/mol. The van der Waals surface area contributed by atoms with Crippen molar-refractivity contribution in [3.63, 3.8) is 0 Å². The van der Waals surface area contributed by atoms with Crippen LogP contribution in [0.2, 0.25) is 0 Å². The van der Waals surface area contributed by atoms with Crippen molar-refractivity contribution in [2.24, 2.45) is 5.84 Å². The first-order valence-corrected chi connectivity index (χ1v) is 6.71. The summed E-state index contributed by atoms with van der Waals surface area (Å²) in [5, 5.41) is 13.6. The number of nitrogen functional groups attached to an aromatic ring is 1. The smallest absolute Gasteiger partial charge is 0.294 e. The summed E-state index contributed by atoms with van der Waals surface area (Å²) in [4.78, 5) is 22.2. The van der Waals surface area contributed by atoms with E-state index < -0.39 is 4.92 Å². The predicted octanol–water partition coefficient (Wildman–Crippen LogP) is 1.43. The van der Waals surface area contributed by atoms with E-state index in [0.717, 1.165) is 6.42 Å². The second kappa shape index (κ2) is 8.88. The maximum atomic E-state index is 11.9. The molecule has 0 atom stereocenters. The van der Waals surface area contributed by atoms with Crippen molar-refractivity contribution < 1.29 is 14.5 Å². The molecule has 8 heteroatoms. The maximum absolute atomic E-state index is 11.9. The lowest BCUT2D eigenvalue weighted by Gasteiger charge is -2.07. The van der Waals surface area contributed by atoms with Crippen molar-refractivity contribution in [2.45, 2.75) is 19.8 Å². The Morgan fingerprint density at radius 3 is 2.81 bits per heavy atom. The molecule has 0 spiro atoms. The van der Waals surface area contributed by atoms with Gasteiger partial charge in [-0.3, -0.25) is 20.8 Å². The number of amides is 1. The highest BCUT2D eigenvalue weighted by Gasteiger charge is 2.16. The molecule has 0 heterocycles. The number of carbonyl (C=O) groups excluding carboxylic acids is 1. The average Bonchev–Trinajstić information content (AvgIpc) is 2.49. The number of anilines is 1. The first-order valence-electron chi connectivity index (χ1n) is 6.71. The van der Waals surface area contributed by atoms with Crippen LogP contribution in [-0.4, -0.2) is 30.6 Å². The number of nitrogens with zero attached hydrogens (tertiary/aromatic N) is 1. The third-order valence-corrected chi connectivity index (χ3v) is 2.71. The number of nitrogens with one attached hydrogen (secondary N) is 2. The average molecular weight is 296 g/mol. The maximum Gasteiger partial charge on any atom is 0.294 e. The highest BCUT2D eigenvalue weighted by Crippen LogP contribution is 2.24. The molecule has 0 fully saturated rings. The fourth-order valence-electron chi connectivity index (χ4n) is 1.67. The summed E-state index contributed by atoms with van der Waals surface area (Å²) in [6.45, 7) is 3.75. The van der Waals surface area contributed by atoms with Crippen molar-refractivity contribution in [1.82, 2.24) is 5.32 Å².